The molecular weight excluding hydrogens is 340 g/mol. The van der Waals surface area contributed by atoms with Gasteiger partial charge in [-0.05, 0) is 36.4 Å². The number of rotatable bonds is 6. The number of carbonyl (C=O) groups is 1. The van der Waals surface area contributed by atoms with E-state index in [1.807, 2.05) is 0 Å². The van der Waals surface area contributed by atoms with E-state index in [1.165, 1.54) is 24.3 Å². The molecular formula is C17H14N4O5. The number of nitrogens with zero attached hydrogens (tertiary/aromatic N) is 3. The van der Waals surface area contributed by atoms with Crippen LogP contribution in [0.25, 0.3) is 11.5 Å². The first-order valence-corrected chi connectivity index (χ1v) is 7.59. The van der Waals surface area contributed by atoms with Crippen LogP contribution in [-0.4, -0.2) is 27.6 Å². The molecule has 1 aromatic heterocycles. The van der Waals surface area contributed by atoms with E-state index >= 15 is 0 Å². The van der Waals surface area contributed by atoms with Crippen molar-refractivity contribution in [3.05, 3.63) is 64.5 Å². The van der Waals surface area contributed by atoms with Crippen molar-refractivity contribution in [2.45, 2.75) is 6.92 Å². The average Bonchev–Trinajstić information content (AvgIpc) is 3.07. The molecule has 9 heteroatoms. The number of carbonyl (C=O) groups excluding carboxylic acids is 1. The Labute approximate surface area is 147 Å². The molecule has 3 rings (SSSR count). The van der Waals surface area contributed by atoms with Crippen LogP contribution in [0.15, 0.2) is 52.9 Å². The van der Waals surface area contributed by atoms with Gasteiger partial charge in [-0.15, -0.1) is 10.2 Å². The van der Waals surface area contributed by atoms with Crippen molar-refractivity contribution in [2.24, 2.45) is 0 Å². The number of nitro benzene ring substituents is 1. The predicted octanol–water partition coefficient (Wildman–Crippen LogP) is 2.97. The number of non-ortho nitro benzene ring substituents is 1. The summed E-state index contributed by atoms with van der Waals surface area (Å²) < 4.78 is 10.7. The quantitative estimate of drug-likeness (QED) is 0.533. The number of nitro groups is 1. The Kier molecular flexibility index (Phi) is 4.88. The van der Waals surface area contributed by atoms with Crippen LogP contribution in [0, 0.1) is 17.0 Å². The minimum absolute atomic E-state index is 0.0456. The summed E-state index contributed by atoms with van der Waals surface area (Å²) in [5, 5.41) is 20.9. The van der Waals surface area contributed by atoms with Crippen LogP contribution in [0.2, 0.25) is 0 Å². The number of hydrogen-bond donors (Lipinski definition) is 1. The zero-order chi connectivity index (χ0) is 18.5. The third-order valence-corrected chi connectivity index (χ3v) is 3.36. The minimum Gasteiger partial charge on any atom is -0.484 e. The van der Waals surface area contributed by atoms with E-state index in [0.717, 1.165) is 5.56 Å². The second-order valence-corrected chi connectivity index (χ2v) is 5.29. The van der Waals surface area contributed by atoms with E-state index in [9.17, 15) is 14.9 Å². The van der Waals surface area contributed by atoms with E-state index < -0.39 is 4.92 Å². The van der Waals surface area contributed by atoms with Gasteiger partial charge in [-0.3, -0.25) is 14.9 Å². The molecule has 0 aliphatic carbocycles. The number of benzene rings is 2. The van der Waals surface area contributed by atoms with Crippen molar-refractivity contribution in [3.8, 4) is 17.2 Å². The summed E-state index contributed by atoms with van der Waals surface area (Å²) in [6.07, 6.45) is 0. The van der Waals surface area contributed by atoms with Gasteiger partial charge in [0, 0.05) is 30.3 Å². The van der Waals surface area contributed by atoms with Gasteiger partial charge in [-0.25, -0.2) is 0 Å². The predicted molar refractivity (Wildman–Crippen MR) is 91.7 cm³/mol. The van der Waals surface area contributed by atoms with Crippen molar-refractivity contribution >= 4 is 17.3 Å². The summed E-state index contributed by atoms with van der Waals surface area (Å²) >= 11 is 0. The van der Waals surface area contributed by atoms with Crippen LogP contribution in [-0.2, 0) is 4.79 Å². The van der Waals surface area contributed by atoms with Crippen LogP contribution in [0.1, 0.15) is 5.89 Å². The number of aryl methyl sites for hydroxylation is 1. The summed E-state index contributed by atoms with van der Waals surface area (Å²) in [5.41, 5.74) is 1.15. The zero-order valence-corrected chi connectivity index (χ0v) is 13.7. The van der Waals surface area contributed by atoms with E-state index in [2.05, 4.69) is 15.5 Å². The molecule has 3 aromatic rings. The molecule has 0 saturated heterocycles. The number of nitrogens with one attached hydrogen (secondary N) is 1. The molecule has 1 N–H and O–H groups in total. The van der Waals surface area contributed by atoms with E-state index in [-0.39, 0.29) is 18.2 Å². The molecule has 0 saturated carbocycles. The summed E-state index contributed by atoms with van der Waals surface area (Å²) in [6.45, 7) is 1.51. The van der Waals surface area contributed by atoms with Crippen molar-refractivity contribution in [2.75, 3.05) is 11.9 Å². The highest BCUT2D eigenvalue weighted by Crippen LogP contribution is 2.21. The highest BCUT2D eigenvalue weighted by atomic mass is 16.6. The molecule has 1 amide bonds. The molecule has 0 radical (unpaired) electrons. The van der Waals surface area contributed by atoms with Gasteiger partial charge >= 0.3 is 0 Å². The number of amides is 1. The average molecular weight is 354 g/mol. The summed E-state index contributed by atoms with van der Waals surface area (Å²) in [6, 6.07) is 12.4. The Morgan fingerprint density at radius 2 is 1.85 bits per heavy atom. The maximum absolute atomic E-state index is 11.9. The first kappa shape index (κ1) is 17.1. The van der Waals surface area contributed by atoms with E-state index in [0.29, 0.717) is 23.2 Å². The van der Waals surface area contributed by atoms with E-state index in [1.54, 1.807) is 31.2 Å². The first-order valence-electron chi connectivity index (χ1n) is 7.59. The molecule has 0 fully saturated rings. The number of aromatic nitrogens is 2. The van der Waals surface area contributed by atoms with Crippen LogP contribution < -0.4 is 10.1 Å². The van der Waals surface area contributed by atoms with Crippen LogP contribution in [0.4, 0.5) is 11.4 Å². The van der Waals surface area contributed by atoms with Gasteiger partial charge in [-0.1, -0.05) is 0 Å². The number of hydrogen-bond acceptors (Lipinski definition) is 7. The minimum atomic E-state index is -0.506. The Morgan fingerprint density at radius 1 is 1.15 bits per heavy atom. The van der Waals surface area contributed by atoms with Gasteiger partial charge in [-0.2, -0.15) is 0 Å². The Bertz CT molecular complexity index is 919. The summed E-state index contributed by atoms with van der Waals surface area (Å²) in [7, 11) is 0. The lowest BCUT2D eigenvalue weighted by molar-refractivity contribution is -0.384. The highest BCUT2D eigenvalue weighted by molar-refractivity contribution is 5.91. The topological polar surface area (TPSA) is 120 Å². The zero-order valence-electron chi connectivity index (χ0n) is 13.7. The maximum atomic E-state index is 11.9. The normalized spacial score (nSPS) is 10.3. The molecule has 0 aliphatic heterocycles. The molecule has 0 spiro atoms. The summed E-state index contributed by atoms with van der Waals surface area (Å²) in [5.74, 6) is 1.01. The van der Waals surface area contributed by atoms with Gasteiger partial charge in [0.1, 0.15) is 5.75 Å². The standard InChI is InChI=1S/C17H14N4O5/c1-11-19-20-17(26-11)12-2-8-15(9-3-12)25-10-16(22)18-13-4-6-14(7-5-13)21(23)24/h2-9H,10H2,1H3,(H,18,22). The Hall–Kier alpha value is -3.75. The van der Waals surface area contributed by atoms with Crippen LogP contribution in [0.3, 0.4) is 0 Å². The third-order valence-electron chi connectivity index (χ3n) is 3.36. The fourth-order valence-corrected chi connectivity index (χ4v) is 2.12. The van der Waals surface area contributed by atoms with Gasteiger partial charge in [0.05, 0.1) is 4.92 Å². The molecule has 1 heterocycles. The molecule has 0 unspecified atom stereocenters. The smallest absolute Gasteiger partial charge is 0.269 e. The number of anilines is 1. The van der Waals surface area contributed by atoms with Gasteiger partial charge in [0.15, 0.2) is 6.61 Å². The number of ether oxygens (including phenoxy) is 1. The van der Waals surface area contributed by atoms with Crippen LogP contribution >= 0.6 is 0 Å². The monoisotopic (exact) mass is 354 g/mol. The molecule has 0 aliphatic rings. The molecule has 26 heavy (non-hydrogen) atoms. The van der Waals surface area contributed by atoms with Gasteiger partial charge in [0.2, 0.25) is 11.8 Å². The van der Waals surface area contributed by atoms with E-state index in [4.69, 9.17) is 9.15 Å². The molecule has 2 aromatic carbocycles. The lowest BCUT2D eigenvalue weighted by atomic mass is 10.2. The van der Waals surface area contributed by atoms with Crippen molar-refractivity contribution in [1.29, 1.82) is 0 Å². The third kappa shape index (κ3) is 4.20. The second-order valence-electron chi connectivity index (χ2n) is 5.29. The largest absolute Gasteiger partial charge is 0.484 e. The Morgan fingerprint density at radius 3 is 2.42 bits per heavy atom. The Balaban J connectivity index is 1.53. The molecule has 9 nitrogen and oxygen atoms in total. The highest BCUT2D eigenvalue weighted by Gasteiger charge is 2.09. The van der Waals surface area contributed by atoms with Gasteiger partial charge < -0.3 is 14.5 Å². The second kappa shape index (κ2) is 7.43. The van der Waals surface area contributed by atoms with Crippen molar-refractivity contribution in [3.63, 3.8) is 0 Å². The fraction of sp³-hybridized carbons (Fsp3) is 0.118. The van der Waals surface area contributed by atoms with Crippen LogP contribution in [0.5, 0.6) is 5.75 Å². The fourth-order valence-electron chi connectivity index (χ4n) is 2.12. The maximum Gasteiger partial charge on any atom is 0.269 e. The summed E-state index contributed by atoms with van der Waals surface area (Å²) in [4.78, 5) is 22.0. The molecule has 132 valence electrons. The van der Waals surface area contributed by atoms with Crippen molar-refractivity contribution in [1.82, 2.24) is 10.2 Å². The lowest BCUT2D eigenvalue weighted by Crippen LogP contribution is -2.20. The van der Waals surface area contributed by atoms with Crippen molar-refractivity contribution < 1.29 is 18.9 Å². The first-order chi connectivity index (χ1) is 12.5. The molecule has 0 bridgehead atoms. The molecule has 0 atom stereocenters. The van der Waals surface area contributed by atoms with Gasteiger partial charge in [0.25, 0.3) is 11.6 Å². The SMILES string of the molecule is Cc1nnc(-c2ccc(OCC(=O)Nc3ccc([N+](=O)[O-])cc3)cc2)o1. The lowest BCUT2D eigenvalue weighted by Gasteiger charge is -2.07.